The van der Waals surface area contributed by atoms with Gasteiger partial charge < -0.3 is 4.74 Å². The number of nitriles is 1. The number of methoxy groups -OCH3 is 1. The van der Waals surface area contributed by atoms with Crippen LogP contribution in [0.15, 0.2) is 140 Å². The predicted octanol–water partition coefficient (Wildman–Crippen LogP) is 5.86. The molecule has 4 heteroatoms. The van der Waals surface area contributed by atoms with Gasteiger partial charge in [0.25, 0.3) is 0 Å². The normalized spacial score (nSPS) is 10.6. The van der Waals surface area contributed by atoms with E-state index < -0.39 is 6.15 Å². The highest BCUT2D eigenvalue weighted by molar-refractivity contribution is 7.11. The average molecular weight is 525 g/mol. The van der Waals surface area contributed by atoms with Gasteiger partial charge in [-0.3, -0.25) is 0 Å². The van der Waals surface area contributed by atoms with Crippen molar-refractivity contribution in [1.82, 2.24) is 0 Å². The Balaban J connectivity index is 0.000000194. The van der Waals surface area contributed by atoms with E-state index >= 15 is 0 Å². The van der Waals surface area contributed by atoms with Crippen molar-refractivity contribution in [3.8, 4) is 11.8 Å². The van der Waals surface area contributed by atoms with Crippen LogP contribution in [-0.4, -0.2) is 13.3 Å². The minimum atomic E-state index is -0.913. The minimum Gasteiger partial charge on any atom is -0.497 e. The highest BCUT2D eigenvalue weighted by atomic mass is 16.5. The monoisotopic (exact) mass is 524 g/mol. The Bertz CT molecular complexity index is 1370. The molecule has 3 nitrogen and oxygen atoms in total. The zero-order valence-corrected chi connectivity index (χ0v) is 23.5. The zero-order valence-electron chi connectivity index (χ0n) is 23.5. The molecule has 0 atom stereocenters. The Labute approximate surface area is 239 Å². The maximum atomic E-state index is 8.70. The number of rotatable bonds is 9. The van der Waals surface area contributed by atoms with Gasteiger partial charge in [0, 0.05) is 17.7 Å². The second-order valence-electron chi connectivity index (χ2n) is 10.1. The van der Waals surface area contributed by atoms with Gasteiger partial charge in [-0.1, -0.05) is 111 Å². The number of unbranched alkanes of at least 4 members (excludes halogenated alkanes) is 1. The fraction of sp³-hybridized carbons (Fsp3) is 0.167. The summed E-state index contributed by atoms with van der Waals surface area (Å²) in [6.45, 7) is 3.07. The molecule has 40 heavy (non-hydrogen) atoms. The molecule has 0 N–H and O–H groups in total. The number of nitrogens with zero attached hydrogens (tertiary/aromatic N) is 2. The molecule has 5 aromatic rings. The molecule has 4 aromatic carbocycles. The molecule has 0 aliphatic carbocycles. The fourth-order valence-electron chi connectivity index (χ4n) is 5.51. The summed E-state index contributed by atoms with van der Waals surface area (Å²) in [5.41, 5.74) is 6.20. The lowest BCUT2D eigenvalue weighted by Gasteiger charge is -2.43. The summed E-state index contributed by atoms with van der Waals surface area (Å²) in [4.78, 5) is 0. The van der Waals surface area contributed by atoms with Crippen molar-refractivity contribution in [3.63, 3.8) is 0 Å². The maximum absolute atomic E-state index is 8.70. The van der Waals surface area contributed by atoms with E-state index in [-0.39, 0.29) is 0 Å². The number of benzene rings is 4. The molecule has 0 aliphatic heterocycles. The smallest absolute Gasteiger partial charge is 0.173 e. The topological polar surface area (TPSA) is 36.9 Å². The van der Waals surface area contributed by atoms with Gasteiger partial charge in [-0.05, 0) is 24.3 Å². The van der Waals surface area contributed by atoms with E-state index in [0.29, 0.717) is 5.56 Å². The van der Waals surface area contributed by atoms with Crippen LogP contribution in [0.25, 0.3) is 0 Å². The van der Waals surface area contributed by atoms with Crippen LogP contribution in [0.5, 0.6) is 5.75 Å². The van der Waals surface area contributed by atoms with Crippen molar-refractivity contribution in [2.45, 2.75) is 32.6 Å². The summed E-state index contributed by atoms with van der Waals surface area (Å²) in [6.07, 6.45) is 6.54. The second kappa shape index (κ2) is 14.5. The van der Waals surface area contributed by atoms with E-state index in [2.05, 4.69) is 104 Å². The van der Waals surface area contributed by atoms with Crippen molar-refractivity contribution in [1.29, 1.82) is 5.26 Å². The van der Waals surface area contributed by atoms with Gasteiger partial charge in [0.1, 0.15) is 5.75 Å². The van der Waals surface area contributed by atoms with Crippen LogP contribution in [0.3, 0.4) is 0 Å². The third kappa shape index (κ3) is 7.07. The molecule has 5 rings (SSSR count). The Morgan fingerprint density at radius 3 is 1.55 bits per heavy atom. The first-order valence-electron chi connectivity index (χ1n) is 14.1. The largest absolute Gasteiger partial charge is 0.497 e. The van der Waals surface area contributed by atoms with Gasteiger partial charge in [-0.2, -0.15) is 28.0 Å². The van der Waals surface area contributed by atoms with Gasteiger partial charge in [-0.15, -0.1) is 0 Å². The predicted molar refractivity (Wildman–Crippen MR) is 167 cm³/mol. The molecule has 0 amide bonds. The van der Waals surface area contributed by atoms with E-state index in [1.54, 1.807) is 7.11 Å². The molecule has 0 unspecified atom stereocenters. The minimum absolute atomic E-state index is 0.677. The molecule has 0 saturated carbocycles. The van der Waals surface area contributed by atoms with E-state index in [1.807, 2.05) is 53.4 Å². The molecule has 0 aliphatic rings. The van der Waals surface area contributed by atoms with Gasteiger partial charge in [-0.25, -0.2) is 4.57 Å². The molecule has 0 saturated heterocycles. The third-order valence-corrected chi connectivity index (χ3v) is 7.64. The van der Waals surface area contributed by atoms with E-state index in [0.717, 1.165) is 12.3 Å². The third-order valence-electron chi connectivity index (χ3n) is 7.64. The van der Waals surface area contributed by atoms with Gasteiger partial charge >= 0.3 is 0 Å². The van der Waals surface area contributed by atoms with Crippen molar-refractivity contribution in [3.05, 3.63) is 151 Å². The molecular weight excluding hydrogens is 487 g/mol. The molecule has 200 valence electrons. The van der Waals surface area contributed by atoms with Crippen molar-refractivity contribution < 1.29 is 9.30 Å². The quantitative estimate of drug-likeness (QED) is 0.179. The molecule has 0 radical (unpaired) electrons. The molecular formula is C36H37BN2O. The molecule has 0 fully saturated rings. The Morgan fingerprint density at radius 1 is 0.675 bits per heavy atom. The lowest BCUT2D eigenvalue weighted by atomic mass is 9.14. The van der Waals surface area contributed by atoms with Gasteiger partial charge in [0.2, 0.25) is 0 Å². The SMILES string of the molecule is CCCC[B-](c1ccccc1)(c1ccccc1)c1ccccc1.COc1ccc(C[n+]2ccc(C#N)cc2)cc1. The van der Waals surface area contributed by atoms with Crippen LogP contribution in [-0.2, 0) is 6.54 Å². The summed E-state index contributed by atoms with van der Waals surface area (Å²) in [5.74, 6) is 0.860. The molecule has 1 aromatic heterocycles. The summed E-state index contributed by atoms with van der Waals surface area (Å²) >= 11 is 0. The summed E-state index contributed by atoms with van der Waals surface area (Å²) in [5, 5.41) is 8.70. The number of ether oxygens (including phenoxy) is 1. The van der Waals surface area contributed by atoms with Crippen LogP contribution in [0.4, 0.5) is 0 Å². The van der Waals surface area contributed by atoms with Gasteiger partial charge in [0.15, 0.2) is 18.9 Å². The first-order valence-corrected chi connectivity index (χ1v) is 14.1. The lowest BCUT2D eigenvalue weighted by molar-refractivity contribution is -0.688. The summed E-state index contributed by atoms with van der Waals surface area (Å²) in [6, 6.07) is 46.8. The van der Waals surface area contributed by atoms with Crippen LogP contribution in [0.2, 0.25) is 6.32 Å². The first-order chi connectivity index (χ1) is 19.7. The molecule has 0 spiro atoms. The number of hydrogen-bond acceptors (Lipinski definition) is 2. The highest BCUT2D eigenvalue weighted by Crippen LogP contribution is 2.16. The Morgan fingerprint density at radius 2 is 1.15 bits per heavy atom. The highest BCUT2D eigenvalue weighted by Gasteiger charge is 2.28. The molecule has 0 bridgehead atoms. The van der Waals surface area contributed by atoms with Crippen LogP contribution in [0.1, 0.15) is 30.9 Å². The second-order valence-corrected chi connectivity index (χ2v) is 10.1. The van der Waals surface area contributed by atoms with Crippen molar-refractivity contribution >= 4 is 22.5 Å². The lowest BCUT2D eigenvalue weighted by Crippen LogP contribution is -2.66. The number of hydrogen-bond donors (Lipinski definition) is 0. The number of aromatic nitrogens is 1. The summed E-state index contributed by atoms with van der Waals surface area (Å²) < 4.78 is 7.14. The average Bonchev–Trinajstić information content (AvgIpc) is 3.04. The number of pyridine rings is 1. The zero-order chi connectivity index (χ0) is 28.0. The summed E-state index contributed by atoms with van der Waals surface area (Å²) in [7, 11) is 1.66. The molecule has 1 heterocycles. The van der Waals surface area contributed by atoms with Gasteiger partial charge in [0.05, 0.1) is 24.9 Å². The first kappa shape index (κ1) is 28.4. The van der Waals surface area contributed by atoms with E-state index in [1.165, 1.54) is 41.1 Å². The van der Waals surface area contributed by atoms with Crippen molar-refractivity contribution in [2.75, 3.05) is 7.11 Å². The fourth-order valence-corrected chi connectivity index (χ4v) is 5.51. The van der Waals surface area contributed by atoms with Crippen LogP contribution < -0.4 is 25.7 Å². The standard InChI is InChI=1S/C22H24B.C14H13N2O/c1-2-3-19-23(20-13-7-4-8-14-20,21-15-9-5-10-16-21)22-17-11-6-12-18-22;1-17-14-4-2-13(3-5-14)11-16-8-6-12(10-15)7-9-16/h4-18H,2-3,19H2,1H3;2-9H,11H2,1H3/q-1;+1. The van der Waals surface area contributed by atoms with E-state index in [9.17, 15) is 0 Å². The Hall–Kier alpha value is -4.62. The van der Waals surface area contributed by atoms with Crippen molar-refractivity contribution in [2.24, 2.45) is 0 Å². The van der Waals surface area contributed by atoms with Crippen LogP contribution >= 0.6 is 0 Å². The maximum Gasteiger partial charge on any atom is 0.173 e. The Kier molecular flexibility index (Phi) is 10.3. The van der Waals surface area contributed by atoms with E-state index in [4.69, 9.17) is 10.00 Å². The van der Waals surface area contributed by atoms with Crippen LogP contribution in [0, 0.1) is 11.3 Å².